The van der Waals surface area contributed by atoms with Crippen LogP contribution in [0.3, 0.4) is 0 Å². The van der Waals surface area contributed by atoms with E-state index in [-0.39, 0.29) is 0 Å². The Balaban J connectivity index is 3.01. The first-order valence-electron chi connectivity index (χ1n) is 2.84. The van der Waals surface area contributed by atoms with Gasteiger partial charge in [0.2, 0.25) is 0 Å². The van der Waals surface area contributed by atoms with E-state index in [0.717, 1.165) is 12.2 Å². The van der Waals surface area contributed by atoms with Gasteiger partial charge in [0.1, 0.15) is 0 Å². The highest BCUT2D eigenvalue weighted by molar-refractivity contribution is 7.88. The van der Waals surface area contributed by atoms with Crippen LogP contribution in [-0.2, 0) is 15.0 Å². The minimum atomic E-state index is -4.76. The fourth-order valence-corrected chi connectivity index (χ4v) is 1.37. The van der Waals surface area contributed by atoms with Gasteiger partial charge >= 0.3 is 10.2 Å². The summed E-state index contributed by atoms with van der Waals surface area (Å²) in [5, 5.41) is -1.63. The van der Waals surface area contributed by atoms with Crippen molar-refractivity contribution in [1.29, 1.82) is 0 Å². The standard InChI is InChI=1S/C6H5FO3S/c7-11(9,10)6-4-2-1-3-5(6)8/h1-4,6H. The zero-order valence-corrected chi connectivity index (χ0v) is 6.21. The summed E-state index contributed by atoms with van der Waals surface area (Å²) in [6.07, 6.45) is 4.73. The molecule has 0 aromatic rings. The van der Waals surface area contributed by atoms with E-state index in [4.69, 9.17) is 0 Å². The number of allylic oxidation sites excluding steroid dienone is 3. The summed E-state index contributed by atoms with van der Waals surface area (Å²) in [6.45, 7) is 0. The molecular formula is C6H5FO3S. The van der Waals surface area contributed by atoms with Crippen LogP contribution in [0.25, 0.3) is 0 Å². The number of ketones is 1. The van der Waals surface area contributed by atoms with Gasteiger partial charge < -0.3 is 0 Å². The summed E-state index contributed by atoms with van der Waals surface area (Å²) in [7, 11) is -4.76. The molecule has 1 aliphatic carbocycles. The van der Waals surface area contributed by atoms with E-state index in [0.29, 0.717) is 0 Å². The molecule has 0 aromatic carbocycles. The molecule has 1 atom stereocenters. The minimum absolute atomic E-state index is 0.741. The largest absolute Gasteiger partial charge is 0.316 e. The molecule has 3 nitrogen and oxygen atoms in total. The molecule has 1 aliphatic rings. The average molecular weight is 176 g/mol. The molecule has 0 heterocycles. The van der Waals surface area contributed by atoms with Crippen LogP contribution >= 0.6 is 0 Å². The smallest absolute Gasteiger partial charge is 0.293 e. The van der Waals surface area contributed by atoms with E-state index in [1.165, 1.54) is 12.2 Å². The number of hydrogen-bond acceptors (Lipinski definition) is 3. The Morgan fingerprint density at radius 3 is 2.36 bits per heavy atom. The lowest BCUT2D eigenvalue weighted by Gasteiger charge is -2.04. The molecule has 0 amide bonds. The van der Waals surface area contributed by atoms with E-state index in [1.807, 2.05) is 0 Å². The van der Waals surface area contributed by atoms with Gasteiger partial charge in [0.05, 0.1) is 0 Å². The van der Waals surface area contributed by atoms with Crippen molar-refractivity contribution in [3.8, 4) is 0 Å². The molecule has 0 N–H and O–H groups in total. The van der Waals surface area contributed by atoms with Gasteiger partial charge in [-0.3, -0.25) is 4.79 Å². The van der Waals surface area contributed by atoms with Gasteiger partial charge in [-0.2, -0.15) is 8.42 Å². The Morgan fingerprint density at radius 1 is 1.36 bits per heavy atom. The monoisotopic (exact) mass is 176 g/mol. The molecule has 0 bridgehead atoms. The van der Waals surface area contributed by atoms with Gasteiger partial charge in [-0.05, 0) is 6.08 Å². The molecule has 0 aromatic heterocycles. The molecule has 60 valence electrons. The van der Waals surface area contributed by atoms with Crippen molar-refractivity contribution in [1.82, 2.24) is 0 Å². The summed E-state index contributed by atoms with van der Waals surface area (Å²) >= 11 is 0. The van der Waals surface area contributed by atoms with Crippen molar-refractivity contribution >= 4 is 16.0 Å². The summed E-state index contributed by atoms with van der Waals surface area (Å²) in [4.78, 5) is 10.7. The second-order valence-corrected chi connectivity index (χ2v) is 3.50. The quantitative estimate of drug-likeness (QED) is 0.541. The molecule has 1 unspecified atom stereocenters. The SMILES string of the molecule is O=C1C=CC=CC1S(=O)(=O)F. The van der Waals surface area contributed by atoms with E-state index >= 15 is 0 Å². The third kappa shape index (κ3) is 1.74. The first-order chi connectivity index (χ1) is 5.02. The van der Waals surface area contributed by atoms with Crippen molar-refractivity contribution in [3.05, 3.63) is 24.3 Å². The van der Waals surface area contributed by atoms with Crippen LogP contribution in [0.15, 0.2) is 24.3 Å². The van der Waals surface area contributed by atoms with E-state index in [1.54, 1.807) is 0 Å². The molecule has 0 fully saturated rings. The van der Waals surface area contributed by atoms with Crippen molar-refractivity contribution < 1.29 is 17.1 Å². The zero-order chi connectivity index (χ0) is 8.48. The Kier molecular flexibility index (Phi) is 1.90. The summed E-state index contributed by atoms with van der Waals surface area (Å²) in [6, 6.07) is 0. The first-order valence-corrected chi connectivity index (χ1v) is 4.28. The molecular weight excluding hydrogens is 171 g/mol. The fraction of sp³-hybridized carbons (Fsp3) is 0.167. The van der Waals surface area contributed by atoms with Crippen LogP contribution in [-0.4, -0.2) is 19.5 Å². The molecule has 11 heavy (non-hydrogen) atoms. The van der Waals surface area contributed by atoms with Gasteiger partial charge in [-0.15, -0.1) is 3.89 Å². The highest BCUT2D eigenvalue weighted by Crippen LogP contribution is 2.10. The van der Waals surface area contributed by atoms with Gasteiger partial charge in [0, 0.05) is 0 Å². The number of carbonyl (C=O) groups excluding carboxylic acids is 1. The summed E-state index contributed by atoms with van der Waals surface area (Å²) < 4.78 is 32.6. The number of carbonyl (C=O) groups is 1. The van der Waals surface area contributed by atoms with E-state index in [2.05, 4.69) is 0 Å². The van der Waals surface area contributed by atoms with Crippen molar-refractivity contribution in [3.63, 3.8) is 0 Å². The Bertz CT molecular complexity index is 326. The summed E-state index contributed by atoms with van der Waals surface area (Å²) in [5.74, 6) is -0.741. The van der Waals surface area contributed by atoms with Crippen molar-refractivity contribution in [2.24, 2.45) is 0 Å². The maximum absolute atomic E-state index is 12.2. The van der Waals surface area contributed by atoms with Crippen LogP contribution in [0.5, 0.6) is 0 Å². The fourth-order valence-electron chi connectivity index (χ4n) is 0.738. The van der Waals surface area contributed by atoms with Crippen LogP contribution < -0.4 is 0 Å². The second kappa shape index (κ2) is 2.58. The van der Waals surface area contributed by atoms with Gasteiger partial charge in [0.25, 0.3) is 0 Å². The number of hydrogen-bond donors (Lipinski definition) is 0. The molecule has 1 rings (SSSR count). The normalized spacial score (nSPS) is 24.1. The van der Waals surface area contributed by atoms with Crippen molar-refractivity contribution in [2.45, 2.75) is 5.25 Å². The van der Waals surface area contributed by atoms with Gasteiger partial charge in [-0.25, -0.2) is 0 Å². The minimum Gasteiger partial charge on any atom is -0.293 e. The highest BCUT2D eigenvalue weighted by Gasteiger charge is 2.28. The predicted molar refractivity (Wildman–Crippen MR) is 37.1 cm³/mol. The summed E-state index contributed by atoms with van der Waals surface area (Å²) in [5.41, 5.74) is 0. The number of halogens is 1. The molecule has 0 aliphatic heterocycles. The predicted octanol–water partition coefficient (Wildman–Crippen LogP) is 0.349. The first kappa shape index (κ1) is 8.13. The Morgan fingerprint density at radius 2 is 2.00 bits per heavy atom. The van der Waals surface area contributed by atoms with Crippen LogP contribution in [0.1, 0.15) is 0 Å². The molecule has 0 radical (unpaired) electrons. The van der Waals surface area contributed by atoms with Crippen molar-refractivity contribution in [2.75, 3.05) is 0 Å². The van der Waals surface area contributed by atoms with E-state index < -0.39 is 21.3 Å². The second-order valence-electron chi connectivity index (χ2n) is 2.04. The lowest BCUT2D eigenvalue weighted by atomic mass is 10.2. The Labute approximate surface area is 63.4 Å². The lowest BCUT2D eigenvalue weighted by Crippen LogP contribution is -2.24. The third-order valence-corrected chi connectivity index (χ3v) is 2.24. The van der Waals surface area contributed by atoms with Gasteiger partial charge in [0.15, 0.2) is 11.0 Å². The Hall–Kier alpha value is -0.970. The molecule has 5 heteroatoms. The molecule has 0 saturated heterocycles. The van der Waals surface area contributed by atoms with Crippen LogP contribution in [0.4, 0.5) is 3.89 Å². The zero-order valence-electron chi connectivity index (χ0n) is 5.40. The average Bonchev–Trinajstić information content (AvgIpc) is 1.86. The third-order valence-electron chi connectivity index (χ3n) is 1.24. The number of rotatable bonds is 1. The lowest BCUT2D eigenvalue weighted by molar-refractivity contribution is -0.113. The molecule has 0 spiro atoms. The highest BCUT2D eigenvalue weighted by atomic mass is 32.3. The maximum atomic E-state index is 12.2. The van der Waals surface area contributed by atoms with E-state index in [9.17, 15) is 17.1 Å². The maximum Gasteiger partial charge on any atom is 0.316 e. The molecule has 0 saturated carbocycles. The topological polar surface area (TPSA) is 51.2 Å². The van der Waals surface area contributed by atoms with Crippen LogP contribution in [0, 0.1) is 0 Å². The van der Waals surface area contributed by atoms with Gasteiger partial charge in [-0.1, -0.05) is 18.2 Å². The van der Waals surface area contributed by atoms with Crippen LogP contribution in [0.2, 0.25) is 0 Å².